The van der Waals surface area contributed by atoms with Crippen LogP contribution in [-0.2, 0) is 4.74 Å². The van der Waals surface area contributed by atoms with Gasteiger partial charge in [-0.25, -0.2) is 0 Å². The van der Waals surface area contributed by atoms with E-state index in [9.17, 15) is 4.79 Å². The van der Waals surface area contributed by atoms with Gasteiger partial charge in [0.1, 0.15) is 5.75 Å². The minimum Gasteiger partial charge on any atom is -0.493 e. The zero-order valence-electron chi connectivity index (χ0n) is 12.5. The molecule has 0 bridgehead atoms. The van der Waals surface area contributed by atoms with Gasteiger partial charge in [-0.1, -0.05) is 24.4 Å². The lowest BCUT2D eigenvalue weighted by molar-refractivity contribution is 0.0697. The fourth-order valence-corrected chi connectivity index (χ4v) is 1.95. The van der Waals surface area contributed by atoms with Crippen LogP contribution >= 0.6 is 12.2 Å². The number of rotatable bonds is 9. The standard InChI is InChI=1S/C15H22N2O3S/c1-3-20-13-7-5-4-6-12(13)15(18)17(10-11-19-2)9-8-14(16)21/h4-7H,3,8-11H2,1-2H3,(H2,16,21). The van der Waals surface area contributed by atoms with Gasteiger partial charge in [-0.15, -0.1) is 0 Å². The smallest absolute Gasteiger partial charge is 0.257 e. The molecule has 0 fully saturated rings. The number of para-hydroxylation sites is 1. The monoisotopic (exact) mass is 310 g/mol. The number of methoxy groups -OCH3 is 1. The number of thiocarbonyl (C=S) groups is 1. The summed E-state index contributed by atoms with van der Waals surface area (Å²) in [6.45, 7) is 3.81. The number of hydrogen-bond acceptors (Lipinski definition) is 4. The molecule has 21 heavy (non-hydrogen) atoms. The molecule has 1 aromatic rings. The van der Waals surface area contributed by atoms with E-state index < -0.39 is 0 Å². The molecule has 0 aliphatic carbocycles. The average Bonchev–Trinajstić information content (AvgIpc) is 2.47. The van der Waals surface area contributed by atoms with Crippen molar-refractivity contribution in [3.05, 3.63) is 29.8 Å². The van der Waals surface area contributed by atoms with Crippen LogP contribution in [0.1, 0.15) is 23.7 Å². The number of nitrogens with zero attached hydrogens (tertiary/aromatic N) is 1. The maximum absolute atomic E-state index is 12.7. The van der Waals surface area contributed by atoms with Gasteiger partial charge in [0.15, 0.2) is 0 Å². The average molecular weight is 310 g/mol. The summed E-state index contributed by atoms with van der Waals surface area (Å²) in [5, 5.41) is 0. The van der Waals surface area contributed by atoms with Crippen LogP contribution in [0.25, 0.3) is 0 Å². The number of amides is 1. The Labute approximate surface area is 131 Å². The Morgan fingerprint density at radius 1 is 1.33 bits per heavy atom. The predicted molar refractivity (Wildman–Crippen MR) is 86.8 cm³/mol. The van der Waals surface area contributed by atoms with Gasteiger partial charge in [0.2, 0.25) is 0 Å². The van der Waals surface area contributed by atoms with Gasteiger partial charge in [0.05, 0.1) is 23.8 Å². The van der Waals surface area contributed by atoms with Crippen LogP contribution in [0.2, 0.25) is 0 Å². The van der Waals surface area contributed by atoms with Crippen LogP contribution < -0.4 is 10.5 Å². The van der Waals surface area contributed by atoms with Gasteiger partial charge in [0.25, 0.3) is 5.91 Å². The first-order chi connectivity index (χ1) is 10.1. The molecular weight excluding hydrogens is 288 g/mol. The normalized spacial score (nSPS) is 10.2. The van der Waals surface area contributed by atoms with Gasteiger partial charge in [-0.05, 0) is 19.1 Å². The fourth-order valence-electron chi connectivity index (χ4n) is 1.86. The Morgan fingerprint density at radius 2 is 2.05 bits per heavy atom. The summed E-state index contributed by atoms with van der Waals surface area (Å²) >= 11 is 4.88. The van der Waals surface area contributed by atoms with Crippen molar-refractivity contribution >= 4 is 23.1 Å². The Morgan fingerprint density at radius 3 is 2.67 bits per heavy atom. The molecule has 1 rings (SSSR count). The van der Waals surface area contributed by atoms with Crippen LogP contribution in [0.5, 0.6) is 5.75 Å². The third-order valence-corrected chi connectivity index (χ3v) is 3.10. The number of carbonyl (C=O) groups excluding carboxylic acids is 1. The minimum atomic E-state index is -0.104. The minimum absolute atomic E-state index is 0.104. The van der Waals surface area contributed by atoms with E-state index >= 15 is 0 Å². The molecule has 0 atom stereocenters. The maximum atomic E-state index is 12.7. The summed E-state index contributed by atoms with van der Waals surface area (Å²) in [6, 6.07) is 7.21. The summed E-state index contributed by atoms with van der Waals surface area (Å²) in [7, 11) is 1.60. The first kappa shape index (κ1) is 17.4. The molecule has 0 saturated carbocycles. The van der Waals surface area contributed by atoms with Gasteiger partial charge in [-0.2, -0.15) is 0 Å². The van der Waals surface area contributed by atoms with E-state index in [1.807, 2.05) is 19.1 Å². The summed E-state index contributed by atoms with van der Waals surface area (Å²) in [5.74, 6) is 0.482. The second kappa shape index (κ2) is 9.31. The van der Waals surface area contributed by atoms with Crippen molar-refractivity contribution in [2.24, 2.45) is 5.73 Å². The molecule has 5 nitrogen and oxygen atoms in total. The number of benzene rings is 1. The first-order valence-electron chi connectivity index (χ1n) is 6.88. The molecule has 116 valence electrons. The molecule has 2 N–H and O–H groups in total. The lowest BCUT2D eigenvalue weighted by atomic mass is 10.1. The van der Waals surface area contributed by atoms with Crippen molar-refractivity contribution in [1.82, 2.24) is 4.90 Å². The van der Waals surface area contributed by atoms with Crippen molar-refractivity contribution in [2.75, 3.05) is 33.4 Å². The van der Waals surface area contributed by atoms with E-state index in [-0.39, 0.29) is 5.91 Å². The van der Waals surface area contributed by atoms with Crippen molar-refractivity contribution in [3.63, 3.8) is 0 Å². The highest BCUT2D eigenvalue weighted by Gasteiger charge is 2.19. The molecule has 0 unspecified atom stereocenters. The molecular formula is C15H22N2O3S. The second-order valence-corrected chi connectivity index (χ2v) is 4.95. The summed E-state index contributed by atoms with van der Waals surface area (Å²) in [4.78, 5) is 14.7. The van der Waals surface area contributed by atoms with E-state index in [1.165, 1.54) is 0 Å². The Kier molecular flexibility index (Phi) is 7.71. The Bertz CT molecular complexity index is 480. The Hall–Kier alpha value is -1.66. The molecule has 1 aromatic carbocycles. The van der Waals surface area contributed by atoms with Crippen LogP contribution in [0, 0.1) is 0 Å². The van der Waals surface area contributed by atoms with Crippen LogP contribution in [-0.4, -0.2) is 49.2 Å². The molecule has 0 heterocycles. The summed E-state index contributed by atoms with van der Waals surface area (Å²) in [6.07, 6.45) is 0.488. The molecule has 1 amide bonds. The lowest BCUT2D eigenvalue weighted by Gasteiger charge is -2.23. The molecule has 0 aliphatic rings. The van der Waals surface area contributed by atoms with E-state index in [2.05, 4.69) is 0 Å². The zero-order valence-corrected chi connectivity index (χ0v) is 13.3. The highest BCUT2D eigenvalue weighted by molar-refractivity contribution is 7.80. The summed E-state index contributed by atoms with van der Waals surface area (Å²) in [5.41, 5.74) is 6.06. The lowest BCUT2D eigenvalue weighted by Crippen LogP contribution is -2.36. The van der Waals surface area contributed by atoms with Gasteiger partial charge in [-0.3, -0.25) is 4.79 Å². The molecule has 0 aliphatic heterocycles. The SMILES string of the molecule is CCOc1ccccc1C(=O)N(CCOC)CCC(N)=S. The van der Waals surface area contributed by atoms with Gasteiger partial charge >= 0.3 is 0 Å². The van der Waals surface area contributed by atoms with Crippen molar-refractivity contribution in [3.8, 4) is 5.75 Å². The summed E-state index contributed by atoms with van der Waals surface area (Å²) < 4.78 is 10.6. The van der Waals surface area contributed by atoms with Crippen molar-refractivity contribution < 1.29 is 14.3 Å². The maximum Gasteiger partial charge on any atom is 0.257 e. The second-order valence-electron chi connectivity index (χ2n) is 4.43. The van der Waals surface area contributed by atoms with Gasteiger partial charge < -0.3 is 20.1 Å². The van der Waals surface area contributed by atoms with Gasteiger partial charge in [0, 0.05) is 26.6 Å². The number of ether oxygens (including phenoxy) is 2. The van der Waals surface area contributed by atoms with Crippen LogP contribution in [0.15, 0.2) is 24.3 Å². The molecule has 0 saturated heterocycles. The van der Waals surface area contributed by atoms with E-state index in [0.29, 0.717) is 49.0 Å². The number of nitrogens with two attached hydrogens (primary N) is 1. The molecule has 0 aromatic heterocycles. The highest BCUT2D eigenvalue weighted by Crippen LogP contribution is 2.20. The van der Waals surface area contributed by atoms with Crippen LogP contribution in [0.4, 0.5) is 0 Å². The molecule has 0 spiro atoms. The quantitative estimate of drug-likeness (QED) is 0.705. The van der Waals surface area contributed by atoms with Crippen molar-refractivity contribution in [1.29, 1.82) is 0 Å². The molecule has 0 radical (unpaired) electrons. The van der Waals surface area contributed by atoms with E-state index in [1.54, 1.807) is 24.1 Å². The van der Waals surface area contributed by atoms with E-state index in [0.717, 1.165) is 0 Å². The van der Waals surface area contributed by atoms with Crippen molar-refractivity contribution in [2.45, 2.75) is 13.3 Å². The Balaban J connectivity index is 2.89. The topological polar surface area (TPSA) is 64.8 Å². The largest absolute Gasteiger partial charge is 0.493 e. The third-order valence-electron chi connectivity index (χ3n) is 2.90. The fraction of sp³-hybridized carbons (Fsp3) is 0.467. The zero-order chi connectivity index (χ0) is 15.7. The highest BCUT2D eigenvalue weighted by atomic mass is 32.1. The third kappa shape index (κ3) is 5.69. The first-order valence-corrected chi connectivity index (χ1v) is 7.29. The predicted octanol–water partition coefficient (Wildman–Crippen LogP) is 1.85. The number of hydrogen-bond donors (Lipinski definition) is 1. The van der Waals surface area contributed by atoms with Crippen LogP contribution in [0.3, 0.4) is 0 Å². The van der Waals surface area contributed by atoms with E-state index in [4.69, 9.17) is 27.4 Å². The number of carbonyl (C=O) groups is 1. The molecule has 6 heteroatoms.